The number of amides is 1. The second-order valence-electron chi connectivity index (χ2n) is 5.61. The van der Waals surface area contributed by atoms with Crippen LogP contribution in [0.1, 0.15) is 11.1 Å². The van der Waals surface area contributed by atoms with E-state index in [0.717, 1.165) is 11.3 Å². The van der Waals surface area contributed by atoms with Gasteiger partial charge in [-0.25, -0.2) is 8.42 Å². The molecular weight excluding hydrogens is 371 g/mol. The maximum absolute atomic E-state index is 12.6. The van der Waals surface area contributed by atoms with Crippen LogP contribution in [0.15, 0.2) is 35.2 Å². The van der Waals surface area contributed by atoms with E-state index < -0.39 is 10.0 Å². The largest absolute Gasteiger partial charge is 0.315 e. The van der Waals surface area contributed by atoms with Gasteiger partial charge in [0.1, 0.15) is 4.90 Å². The molecule has 0 atom stereocenters. The zero-order valence-corrected chi connectivity index (χ0v) is 15.3. The SMILES string of the molecule is Cc1cc(S(=O)(=O)Nc2ccc3c(c2)CC(=O)N3C)c(Cl)cc1Cl. The Morgan fingerprint density at radius 2 is 1.83 bits per heavy atom. The number of aryl methyl sites for hydroxylation is 1. The van der Waals surface area contributed by atoms with E-state index in [-0.39, 0.29) is 22.2 Å². The summed E-state index contributed by atoms with van der Waals surface area (Å²) in [5, 5.41) is 0.451. The van der Waals surface area contributed by atoms with Crippen LogP contribution in [0.5, 0.6) is 0 Å². The smallest absolute Gasteiger partial charge is 0.263 e. The minimum Gasteiger partial charge on any atom is -0.315 e. The standard InChI is InChI=1S/C16H14Cl2N2O3S/c1-9-5-15(13(18)8-12(9)17)24(22,23)19-11-3-4-14-10(6-11)7-16(21)20(14)2/h3-6,8,19H,7H2,1-2H3. The van der Waals surface area contributed by atoms with Gasteiger partial charge < -0.3 is 4.90 Å². The van der Waals surface area contributed by atoms with Crippen molar-refractivity contribution in [2.45, 2.75) is 18.2 Å². The molecule has 1 aliphatic heterocycles. The molecule has 1 aliphatic rings. The van der Waals surface area contributed by atoms with Crippen molar-refractivity contribution in [3.8, 4) is 0 Å². The van der Waals surface area contributed by atoms with E-state index in [2.05, 4.69) is 4.72 Å². The third kappa shape index (κ3) is 2.97. The van der Waals surface area contributed by atoms with Crippen LogP contribution in [0.25, 0.3) is 0 Å². The first-order valence-electron chi connectivity index (χ1n) is 7.07. The number of nitrogens with one attached hydrogen (secondary N) is 1. The fourth-order valence-electron chi connectivity index (χ4n) is 2.58. The summed E-state index contributed by atoms with van der Waals surface area (Å²) in [5.74, 6) is -0.0265. The molecule has 0 bridgehead atoms. The van der Waals surface area contributed by atoms with Crippen LogP contribution in [0.4, 0.5) is 11.4 Å². The highest BCUT2D eigenvalue weighted by Gasteiger charge is 2.25. The maximum Gasteiger partial charge on any atom is 0.263 e. The van der Waals surface area contributed by atoms with Crippen LogP contribution in [-0.4, -0.2) is 21.4 Å². The van der Waals surface area contributed by atoms with Crippen LogP contribution in [0.2, 0.25) is 10.0 Å². The summed E-state index contributed by atoms with van der Waals surface area (Å²) in [7, 11) is -2.18. The van der Waals surface area contributed by atoms with Crippen LogP contribution < -0.4 is 9.62 Å². The lowest BCUT2D eigenvalue weighted by Crippen LogP contribution is -2.20. The van der Waals surface area contributed by atoms with Crippen molar-refractivity contribution in [1.29, 1.82) is 0 Å². The average Bonchev–Trinajstić information content (AvgIpc) is 2.77. The quantitative estimate of drug-likeness (QED) is 0.878. The molecule has 8 heteroatoms. The summed E-state index contributed by atoms with van der Waals surface area (Å²) in [6.07, 6.45) is 0.252. The number of hydrogen-bond acceptors (Lipinski definition) is 3. The Morgan fingerprint density at radius 1 is 1.12 bits per heavy atom. The summed E-state index contributed by atoms with van der Waals surface area (Å²) in [5.41, 5.74) is 2.55. The molecule has 5 nitrogen and oxygen atoms in total. The first kappa shape index (κ1) is 17.1. The fourth-order valence-corrected chi connectivity index (χ4v) is 4.46. The highest BCUT2D eigenvalue weighted by atomic mass is 35.5. The molecule has 1 amide bonds. The predicted molar refractivity (Wildman–Crippen MR) is 95.6 cm³/mol. The lowest BCUT2D eigenvalue weighted by molar-refractivity contribution is -0.117. The van der Waals surface area contributed by atoms with E-state index in [1.807, 2.05) is 0 Å². The topological polar surface area (TPSA) is 66.5 Å². The minimum atomic E-state index is -3.87. The number of halogens is 2. The second kappa shape index (κ2) is 5.95. The number of likely N-dealkylation sites (N-methyl/N-ethyl adjacent to an activating group) is 1. The fraction of sp³-hybridized carbons (Fsp3) is 0.188. The molecule has 1 heterocycles. The highest BCUT2D eigenvalue weighted by molar-refractivity contribution is 7.92. The molecule has 2 aromatic carbocycles. The van der Waals surface area contributed by atoms with Crippen LogP contribution >= 0.6 is 23.2 Å². The van der Waals surface area contributed by atoms with Gasteiger partial charge >= 0.3 is 0 Å². The van der Waals surface area contributed by atoms with Crippen molar-refractivity contribution >= 4 is 50.5 Å². The van der Waals surface area contributed by atoms with Gasteiger partial charge in [-0.3, -0.25) is 9.52 Å². The van der Waals surface area contributed by atoms with Gasteiger partial charge in [-0.05, 0) is 48.4 Å². The van der Waals surface area contributed by atoms with Crippen molar-refractivity contribution < 1.29 is 13.2 Å². The van der Waals surface area contributed by atoms with Crippen LogP contribution in [0.3, 0.4) is 0 Å². The Morgan fingerprint density at radius 3 is 2.54 bits per heavy atom. The van der Waals surface area contributed by atoms with Gasteiger partial charge in [0.05, 0.1) is 11.4 Å². The first-order valence-corrected chi connectivity index (χ1v) is 9.31. The molecular formula is C16H14Cl2N2O3S. The van der Waals surface area contributed by atoms with Gasteiger partial charge in [0.25, 0.3) is 10.0 Å². The number of carbonyl (C=O) groups is 1. The monoisotopic (exact) mass is 384 g/mol. The molecule has 0 radical (unpaired) electrons. The average molecular weight is 385 g/mol. The highest BCUT2D eigenvalue weighted by Crippen LogP contribution is 2.32. The Hall–Kier alpha value is -1.76. The normalized spacial score (nSPS) is 14.0. The molecule has 0 saturated carbocycles. The zero-order chi connectivity index (χ0) is 17.6. The third-order valence-corrected chi connectivity index (χ3v) is 6.16. The van der Waals surface area contributed by atoms with E-state index in [1.54, 1.807) is 37.1 Å². The summed E-state index contributed by atoms with van der Waals surface area (Å²) in [4.78, 5) is 13.2. The lowest BCUT2D eigenvalue weighted by Gasteiger charge is -2.13. The summed E-state index contributed by atoms with van der Waals surface area (Å²) < 4.78 is 27.7. The third-order valence-electron chi connectivity index (χ3n) is 3.91. The molecule has 3 rings (SSSR count). The molecule has 2 aromatic rings. The Kier molecular flexibility index (Phi) is 4.23. The van der Waals surface area contributed by atoms with Gasteiger partial charge in [0.2, 0.25) is 5.91 Å². The van der Waals surface area contributed by atoms with Gasteiger partial charge in [0.15, 0.2) is 0 Å². The number of rotatable bonds is 3. The Balaban J connectivity index is 1.95. The summed E-state index contributed by atoms with van der Waals surface area (Å²) in [6.45, 7) is 1.70. The van der Waals surface area contributed by atoms with Gasteiger partial charge in [-0.2, -0.15) is 0 Å². The number of anilines is 2. The van der Waals surface area contributed by atoms with E-state index in [1.165, 1.54) is 12.1 Å². The molecule has 24 heavy (non-hydrogen) atoms. The minimum absolute atomic E-state index is 0.0265. The molecule has 0 spiro atoms. The maximum atomic E-state index is 12.6. The van der Waals surface area contributed by atoms with Crippen molar-refractivity contribution in [2.24, 2.45) is 0 Å². The number of benzene rings is 2. The Bertz CT molecular complexity index is 958. The first-order chi connectivity index (χ1) is 11.2. The zero-order valence-electron chi connectivity index (χ0n) is 12.9. The molecule has 0 fully saturated rings. The van der Waals surface area contributed by atoms with E-state index in [9.17, 15) is 13.2 Å². The number of fused-ring (bicyclic) bond motifs is 1. The number of sulfonamides is 1. The lowest BCUT2D eigenvalue weighted by atomic mass is 10.1. The van der Waals surface area contributed by atoms with E-state index in [4.69, 9.17) is 23.2 Å². The van der Waals surface area contributed by atoms with E-state index >= 15 is 0 Å². The van der Waals surface area contributed by atoms with Crippen LogP contribution in [0, 0.1) is 6.92 Å². The van der Waals surface area contributed by atoms with Crippen LogP contribution in [-0.2, 0) is 21.2 Å². The Labute approximate surface area is 150 Å². The molecule has 0 aliphatic carbocycles. The molecule has 0 aromatic heterocycles. The summed E-state index contributed by atoms with van der Waals surface area (Å²) >= 11 is 12.0. The second-order valence-corrected chi connectivity index (χ2v) is 8.08. The van der Waals surface area contributed by atoms with Crippen molar-refractivity contribution in [3.63, 3.8) is 0 Å². The van der Waals surface area contributed by atoms with Gasteiger partial charge in [-0.15, -0.1) is 0 Å². The summed E-state index contributed by atoms with van der Waals surface area (Å²) in [6, 6.07) is 7.82. The van der Waals surface area contributed by atoms with Crippen molar-refractivity contribution in [3.05, 3.63) is 51.5 Å². The molecule has 1 N–H and O–H groups in total. The van der Waals surface area contributed by atoms with Gasteiger partial charge in [-0.1, -0.05) is 23.2 Å². The molecule has 0 saturated heterocycles. The van der Waals surface area contributed by atoms with E-state index in [0.29, 0.717) is 16.3 Å². The molecule has 0 unspecified atom stereocenters. The number of carbonyl (C=O) groups excluding carboxylic acids is 1. The van der Waals surface area contributed by atoms with Gasteiger partial charge in [0, 0.05) is 23.4 Å². The number of nitrogens with zero attached hydrogens (tertiary/aromatic N) is 1. The van der Waals surface area contributed by atoms with Crippen molar-refractivity contribution in [1.82, 2.24) is 0 Å². The van der Waals surface area contributed by atoms with Crippen molar-refractivity contribution in [2.75, 3.05) is 16.7 Å². The number of hydrogen-bond donors (Lipinski definition) is 1. The predicted octanol–water partition coefficient (Wildman–Crippen LogP) is 3.62. The molecule has 126 valence electrons.